The van der Waals surface area contributed by atoms with Crippen LogP contribution in [0.5, 0.6) is 0 Å². The molecule has 100 valence electrons. The summed E-state index contributed by atoms with van der Waals surface area (Å²) in [6.45, 7) is 2.84. The van der Waals surface area contributed by atoms with Crippen LogP contribution in [0.25, 0.3) is 0 Å². The fraction of sp³-hybridized carbons (Fsp3) is 0.900. The zero-order valence-electron chi connectivity index (χ0n) is 9.80. The average Bonchev–Trinajstić information content (AvgIpc) is 2.68. The summed E-state index contributed by atoms with van der Waals surface area (Å²) in [5.74, 6) is -1.23. The molecule has 7 heteroatoms. The molecule has 0 radical (unpaired) electrons. The normalized spacial score (nSPS) is 26.4. The Balaban J connectivity index is 2.59. The van der Waals surface area contributed by atoms with Crippen molar-refractivity contribution in [1.82, 2.24) is 5.32 Å². The van der Waals surface area contributed by atoms with Crippen LogP contribution in [0.1, 0.15) is 26.7 Å². The molecule has 3 unspecified atom stereocenters. The molecule has 4 nitrogen and oxygen atoms in total. The number of alkyl halides is 3. The van der Waals surface area contributed by atoms with Crippen LogP contribution in [-0.2, 0) is 9.53 Å². The standard InChI is InChI=1S/C10H17F3N2O2/c1-6(7-4-3-5-17-7)15-8(16)9(2,14)10(11,12)13/h6-7H,3-5,14H2,1-2H3,(H,15,16). The number of carbonyl (C=O) groups is 1. The molecule has 1 fully saturated rings. The van der Waals surface area contributed by atoms with E-state index in [1.165, 1.54) is 0 Å². The van der Waals surface area contributed by atoms with Crippen LogP contribution in [0.4, 0.5) is 13.2 Å². The molecule has 0 bridgehead atoms. The maximum Gasteiger partial charge on any atom is 0.415 e. The number of nitrogens with two attached hydrogens (primary N) is 1. The molecule has 1 aliphatic rings. The monoisotopic (exact) mass is 254 g/mol. The highest BCUT2D eigenvalue weighted by atomic mass is 19.4. The van der Waals surface area contributed by atoms with Gasteiger partial charge in [0.1, 0.15) is 0 Å². The van der Waals surface area contributed by atoms with Crippen LogP contribution in [0.15, 0.2) is 0 Å². The molecule has 1 saturated heterocycles. The van der Waals surface area contributed by atoms with Crippen molar-refractivity contribution in [2.75, 3.05) is 6.61 Å². The maximum absolute atomic E-state index is 12.5. The summed E-state index contributed by atoms with van der Waals surface area (Å²) in [6.07, 6.45) is -3.42. The maximum atomic E-state index is 12.5. The van der Waals surface area contributed by atoms with Gasteiger partial charge in [-0.2, -0.15) is 13.2 Å². The minimum Gasteiger partial charge on any atom is -0.376 e. The Morgan fingerprint density at radius 1 is 1.53 bits per heavy atom. The first-order chi connectivity index (χ1) is 7.66. The highest BCUT2D eigenvalue weighted by Gasteiger charge is 2.54. The van der Waals surface area contributed by atoms with Gasteiger partial charge in [-0.1, -0.05) is 0 Å². The van der Waals surface area contributed by atoms with Gasteiger partial charge in [0.05, 0.1) is 12.1 Å². The van der Waals surface area contributed by atoms with Gasteiger partial charge in [0.2, 0.25) is 5.91 Å². The van der Waals surface area contributed by atoms with E-state index < -0.39 is 23.7 Å². The highest BCUT2D eigenvalue weighted by Crippen LogP contribution is 2.28. The molecule has 1 heterocycles. The first-order valence-corrected chi connectivity index (χ1v) is 5.44. The van der Waals surface area contributed by atoms with Gasteiger partial charge in [-0.25, -0.2) is 0 Å². The van der Waals surface area contributed by atoms with Gasteiger partial charge in [-0.15, -0.1) is 0 Å². The fourth-order valence-electron chi connectivity index (χ4n) is 1.58. The smallest absolute Gasteiger partial charge is 0.376 e. The molecule has 17 heavy (non-hydrogen) atoms. The van der Waals surface area contributed by atoms with Gasteiger partial charge in [-0.3, -0.25) is 4.79 Å². The number of nitrogens with one attached hydrogen (secondary N) is 1. The Hall–Kier alpha value is -0.820. The highest BCUT2D eigenvalue weighted by molar-refractivity contribution is 5.86. The van der Waals surface area contributed by atoms with Gasteiger partial charge in [0.15, 0.2) is 5.54 Å². The van der Waals surface area contributed by atoms with E-state index in [0.29, 0.717) is 13.5 Å². The summed E-state index contributed by atoms with van der Waals surface area (Å²) in [5.41, 5.74) is 2.13. The quantitative estimate of drug-likeness (QED) is 0.788. The largest absolute Gasteiger partial charge is 0.415 e. The van der Waals surface area contributed by atoms with Gasteiger partial charge in [-0.05, 0) is 26.7 Å². The Morgan fingerprint density at radius 3 is 2.53 bits per heavy atom. The lowest BCUT2D eigenvalue weighted by molar-refractivity contribution is -0.188. The molecule has 3 N–H and O–H groups in total. The van der Waals surface area contributed by atoms with Crippen molar-refractivity contribution in [2.24, 2.45) is 5.73 Å². The van der Waals surface area contributed by atoms with Crippen molar-refractivity contribution in [3.63, 3.8) is 0 Å². The van der Waals surface area contributed by atoms with Crippen LogP contribution in [0.3, 0.4) is 0 Å². The predicted molar refractivity (Wildman–Crippen MR) is 55.2 cm³/mol. The minimum absolute atomic E-state index is 0.233. The molecular formula is C10H17F3N2O2. The molecule has 0 spiro atoms. The Bertz CT molecular complexity index is 286. The number of ether oxygens (including phenoxy) is 1. The SMILES string of the molecule is CC(NC(=O)C(C)(N)C(F)(F)F)C1CCCO1. The molecule has 1 aliphatic heterocycles. The third-order valence-electron chi connectivity index (χ3n) is 2.94. The Kier molecular flexibility index (Phi) is 4.03. The van der Waals surface area contributed by atoms with Gasteiger partial charge >= 0.3 is 6.18 Å². The molecule has 1 amide bonds. The molecule has 0 aromatic heterocycles. The van der Waals surface area contributed by atoms with E-state index in [4.69, 9.17) is 10.5 Å². The molecule has 1 rings (SSSR count). The first kappa shape index (κ1) is 14.2. The fourth-order valence-corrected chi connectivity index (χ4v) is 1.58. The van der Waals surface area contributed by atoms with E-state index in [-0.39, 0.29) is 6.10 Å². The average molecular weight is 254 g/mol. The Labute approximate surface area is 97.7 Å². The molecule has 0 saturated carbocycles. The van der Waals surface area contributed by atoms with Crippen molar-refractivity contribution in [3.05, 3.63) is 0 Å². The zero-order chi connectivity index (χ0) is 13.3. The lowest BCUT2D eigenvalue weighted by atomic mass is 10.0. The second kappa shape index (κ2) is 4.81. The summed E-state index contributed by atoms with van der Waals surface area (Å²) in [7, 11) is 0. The zero-order valence-corrected chi connectivity index (χ0v) is 9.80. The second-order valence-electron chi connectivity index (χ2n) is 4.51. The van der Waals surface area contributed by atoms with Gasteiger partial charge in [0, 0.05) is 6.61 Å². The number of amides is 1. The van der Waals surface area contributed by atoms with Crippen molar-refractivity contribution < 1.29 is 22.7 Å². The van der Waals surface area contributed by atoms with E-state index in [2.05, 4.69) is 5.32 Å². The molecule has 3 atom stereocenters. The van der Waals surface area contributed by atoms with E-state index >= 15 is 0 Å². The first-order valence-electron chi connectivity index (χ1n) is 5.44. The van der Waals surface area contributed by atoms with Gasteiger partial charge < -0.3 is 15.8 Å². The predicted octanol–water partition coefficient (Wildman–Crippen LogP) is 0.950. The lowest BCUT2D eigenvalue weighted by Gasteiger charge is -2.29. The summed E-state index contributed by atoms with van der Waals surface area (Å²) in [4.78, 5) is 11.5. The van der Waals surface area contributed by atoms with E-state index in [9.17, 15) is 18.0 Å². The third kappa shape index (κ3) is 3.10. The number of halogens is 3. The Morgan fingerprint density at radius 2 is 2.12 bits per heavy atom. The van der Waals surface area contributed by atoms with Crippen LogP contribution < -0.4 is 11.1 Å². The minimum atomic E-state index is -4.77. The molecule has 0 aromatic rings. The topological polar surface area (TPSA) is 64.4 Å². The lowest BCUT2D eigenvalue weighted by Crippen LogP contribution is -2.63. The van der Waals surface area contributed by atoms with E-state index in [1.54, 1.807) is 6.92 Å². The number of hydrogen-bond donors (Lipinski definition) is 2. The molecule has 0 aliphatic carbocycles. The summed E-state index contributed by atoms with van der Waals surface area (Å²) >= 11 is 0. The number of hydrogen-bond acceptors (Lipinski definition) is 3. The van der Waals surface area contributed by atoms with E-state index in [1.807, 2.05) is 0 Å². The van der Waals surface area contributed by atoms with Crippen LogP contribution in [0.2, 0.25) is 0 Å². The summed E-state index contributed by atoms with van der Waals surface area (Å²) < 4.78 is 42.8. The number of carbonyl (C=O) groups excluding carboxylic acids is 1. The number of rotatable bonds is 3. The third-order valence-corrected chi connectivity index (χ3v) is 2.94. The summed E-state index contributed by atoms with van der Waals surface area (Å²) in [6, 6.07) is -0.477. The van der Waals surface area contributed by atoms with E-state index in [0.717, 1.165) is 12.8 Å². The van der Waals surface area contributed by atoms with Crippen LogP contribution >= 0.6 is 0 Å². The van der Waals surface area contributed by atoms with Crippen molar-refractivity contribution in [1.29, 1.82) is 0 Å². The second-order valence-corrected chi connectivity index (χ2v) is 4.51. The molecule has 0 aromatic carbocycles. The van der Waals surface area contributed by atoms with Crippen LogP contribution in [0, 0.1) is 0 Å². The molecular weight excluding hydrogens is 237 g/mol. The van der Waals surface area contributed by atoms with Crippen molar-refractivity contribution in [2.45, 2.75) is 50.6 Å². The van der Waals surface area contributed by atoms with Crippen molar-refractivity contribution in [3.8, 4) is 0 Å². The van der Waals surface area contributed by atoms with Crippen LogP contribution in [-0.4, -0.2) is 36.4 Å². The summed E-state index contributed by atoms with van der Waals surface area (Å²) in [5, 5.41) is 2.26. The van der Waals surface area contributed by atoms with Crippen molar-refractivity contribution >= 4 is 5.91 Å². The van der Waals surface area contributed by atoms with Gasteiger partial charge in [0.25, 0.3) is 0 Å².